The minimum Gasteiger partial charge on any atom is -0.310 e. The average molecular weight is 239 g/mol. The van der Waals surface area contributed by atoms with Crippen LogP contribution in [-0.4, -0.2) is 6.54 Å². The van der Waals surface area contributed by atoms with Gasteiger partial charge in [-0.05, 0) is 37.3 Å². The second-order valence-electron chi connectivity index (χ2n) is 5.66. The van der Waals surface area contributed by atoms with E-state index in [-0.39, 0.29) is 6.04 Å². The van der Waals surface area contributed by atoms with Gasteiger partial charge in [0.1, 0.15) is 0 Å². The Morgan fingerprint density at radius 1 is 1.41 bits per heavy atom. The highest BCUT2D eigenvalue weighted by molar-refractivity contribution is 5.22. The monoisotopic (exact) mass is 239 g/mol. The Morgan fingerprint density at radius 3 is 2.65 bits per heavy atom. The molecule has 17 heavy (non-hydrogen) atoms. The number of rotatable bonds is 4. The fraction of sp³-hybridized carbons (Fsp3) is 0.571. The highest BCUT2D eigenvalue weighted by Crippen LogP contribution is 2.51. The average Bonchev–Trinajstić information content (AvgIpc) is 2.87. The summed E-state index contributed by atoms with van der Waals surface area (Å²) < 4.78 is 26.6. The van der Waals surface area contributed by atoms with Gasteiger partial charge in [-0.15, -0.1) is 0 Å². The van der Waals surface area contributed by atoms with Crippen molar-refractivity contribution in [3.8, 4) is 0 Å². The first kappa shape index (κ1) is 12.5. The number of benzene rings is 1. The van der Waals surface area contributed by atoms with Crippen molar-refractivity contribution in [3.05, 3.63) is 35.4 Å². The predicted molar refractivity (Wildman–Crippen MR) is 64.7 cm³/mol. The number of hydrogen-bond acceptors (Lipinski definition) is 1. The Labute approximate surface area is 101 Å². The summed E-state index contributed by atoms with van der Waals surface area (Å²) in [5, 5.41) is 3.28. The molecule has 1 aliphatic rings. The summed E-state index contributed by atoms with van der Waals surface area (Å²) in [5.41, 5.74) is 0.816. The maximum absolute atomic E-state index is 13.5. The Hall–Kier alpha value is -0.960. The van der Waals surface area contributed by atoms with Gasteiger partial charge < -0.3 is 5.32 Å². The minimum atomic E-state index is -0.775. The number of halogens is 2. The van der Waals surface area contributed by atoms with Crippen molar-refractivity contribution >= 4 is 0 Å². The van der Waals surface area contributed by atoms with E-state index in [2.05, 4.69) is 19.2 Å². The highest BCUT2D eigenvalue weighted by atomic mass is 19.2. The SMILES string of the molecule is CC(NCC1CC1(C)C)c1cccc(F)c1F. The van der Waals surface area contributed by atoms with Crippen LogP contribution in [0.25, 0.3) is 0 Å². The lowest BCUT2D eigenvalue weighted by Crippen LogP contribution is -2.23. The molecule has 2 unspecified atom stereocenters. The summed E-state index contributed by atoms with van der Waals surface area (Å²) in [6.45, 7) is 7.19. The normalized spacial score (nSPS) is 23.5. The first-order valence-electron chi connectivity index (χ1n) is 6.09. The zero-order valence-electron chi connectivity index (χ0n) is 10.6. The van der Waals surface area contributed by atoms with Gasteiger partial charge in [0.15, 0.2) is 11.6 Å². The van der Waals surface area contributed by atoms with E-state index in [0.29, 0.717) is 16.9 Å². The van der Waals surface area contributed by atoms with E-state index in [0.717, 1.165) is 12.6 Å². The molecule has 0 amide bonds. The molecule has 1 aliphatic carbocycles. The fourth-order valence-corrected chi connectivity index (χ4v) is 2.21. The van der Waals surface area contributed by atoms with E-state index < -0.39 is 11.6 Å². The van der Waals surface area contributed by atoms with E-state index in [1.165, 1.54) is 6.42 Å². The quantitative estimate of drug-likeness (QED) is 0.845. The molecule has 0 heterocycles. The molecule has 2 atom stereocenters. The van der Waals surface area contributed by atoms with Crippen LogP contribution < -0.4 is 5.32 Å². The van der Waals surface area contributed by atoms with E-state index >= 15 is 0 Å². The zero-order chi connectivity index (χ0) is 12.6. The standard InChI is InChI=1S/C14H19F2N/c1-9(17-8-10-7-14(10,2)3)11-5-4-6-12(15)13(11)16/h4-6,9-10,17H,7-8H2,1-3H3. The Balaban J connectivity index is 1.96. The van der Waals surface area contributed by atoms with E-state index in [1.54, 1.807) is 12.1 Å². The molecular formula is C14H19F2N. The molecule has 1 aromatic carbocycles. The molecule has 94 valence electrons. The first-order valence-corrected chi connectivity index (χ1v) is 6.09. The molecule has 1 aromatic rings. The van der Waals surface area contributed by atoms with Gasteiger partial charge in [0, 0.05) is 11.6 Å². The summed E-state index contributed by atoms with van der Waals surface area (Å²) in [6, 6.07) is 4.18. The van der Waals surface area contributed by atoms with Gasteiger partial charge in [0.2, 0.25) is 0 Å². The van der Waals surface area contributed by atoms with Gasteiger partial charge in [-0.3, -0.25) is 0 Å². The molecule has 1 nitrogen and oxygen atoms in total. The van der Waals surface area contributed by atoms with E-state index in [9.17, 15) is 8.78 Å². The van der Waals surface area contributed by atoms with Crippen molar-refractivity contribution in [1.82, 2.24) is 5.32 Å². The van der Waals surface area contributed by atoms with Gasteiger partial charge in [0.05, 0.1) is 0 Å². The number of hydrogen-bond donors (Lipinski definition) is 1. The van der Waals surface area contributed by atoms with Gasteiger partial charge in [-0.1, -0.05) is 26.0 Å². The van der Waals surface area contributed by atoms with Crippen molar-refractivity contribution in [2.45, 2.75) is 33.2 Å². The molecule has 2 rings (SSSR count). The lowest BCUT2D eigenvalue weighted by atomic mass is 10.1. The molecule has 0 aliphatic heterocycles. The van der Waals surface area contributed by atoms with Crippen LogP contribution in [0.15, 0.2) is 18.2 Å². The molecular weight excluding hydrogens is 220 g/mol. The highest BCUT2D eigenvalue weighted by Gasteiger charge is 2.44. The molecule has 0 aromatic heterocycles. The largest absolute Gasteiger partial charge is 0.310 e. The molecule has 0 saturated heterocycles. The maximum atomic E-state index is 13.5. The second kappa shape index (κ2) is 4.37. The van der Waals surface area contributed by atoms with Crippen molar-refractivity contribution in [1.29, 1.82) is 0 Å². The topological polar surface area (TPSA) is 12.0 Å². The lowest BCUT2D eigenvalue weighted by Gasteiger charge is -2.15. The van der Waals surface area contributed by atoms with Crippen LogP contribution in [0, 0.1) is 23.0 Å². The Morgan fingerprint density at radius 2 is 2.06 bits per heavy atom. The molecule has 3 heteroatoms. The predicted octanol–water partition coefficient (Wildman–Crippen LogP) is 3.66. The third-order valence-corrected chi connectivity index (χ3v) is 3.84. The van der Waals surface area contributed by atoms with Crippen LogP contribution in [0.2, 0.25) is 0 Å². The minimum absolute atomic E-state index is 0.151. The van der Waals surface area contributed by atoms with Gasteiger partial charge in [-0.25, -0.2) is 8.78 Å². The summed E-state index contributed by atoms with van der Waals surface area (Å²) >= 11 is 0. The lowest BCUT2D eigenvalue weighted by molar-refractivity contribution is 0.453. The van der Waals surface area contributed by atoms with Crippen molar-refractivity contribution < 1.29 is 8.78 Å². The van der Waals surface area contributed by atoms with E-state index in [1.807, 2.05) is 6.92 Å². The van der Waals surface area contributed by atoms with Gasteiger partial charge in [0.25, 0.3) is 0 Å². The van der Waals surface area contributed by atoms with Gasteiger partial charge >= 0.3 is 0 Å². The molecule has 1 saturated carbocycles. The summed E-state index contributed by atoms with van der Waals surface area (Å²) in [5.74, 6) is -0.855. The molecule has 0 radical (unpaired) electrons. The fourth-order valence-electron chi connectivity index (χ4n) is 2.21. The van der Waals surface area contributed by atoms with Crippen LogP contribution in [0.5, 0.6) is 0 Å². The van der Waals surface area contributed by atoms with Crippen LogP contribution >= 0.6 is 0 Å². The maximum Gasteiger partial charge on any atom is 0.163 e. The third kappa shape index (κ3) is 2.65. The van der Waals surface area contributed by atoms with Crippen LogP contribution in [0.4, 0.5) is 8.78 Å². The Bertz CT molecular complexity index is 415. The summed E-state index contributed by atoms with van der Waals surface area (Å²) in [6.07, 6.45) is 1.21. The summed E-state index contributed by atoms with van der Waals surface area (Å²) in [7, 11) is 0. The second-order valence-corrected chi connectivity index (χ2v) is 5.66. The van der Waals surface area contributed by atoms with Crippen molar-refractivity contribution in [2.24, 2.45) is 11.3 Å². The number of nitrogens with one attached hydrogen (secondary N) is 1. The van der Waals surface area contributed by atoms with E-state index in [4.69, 9.17) is 0 Å². The molecule has 0 bridgehead atoms. The molecule has 1 fully saturated rings. The molecule has 1 N–H and O–H groups in total. The van der Waals surface area contributed by atoms with Crippen LogP contribution in [-0.2, 0) is 0 Å². The first-order chi connectivity index (χ1) is 7.92. The van der Waals surface area contributed by atoms with Gasteiger partial charge in [-0.2, -0.15) is 0 Å². The van der Waals surface area contributed by atoms with Crippen LogP contribution in [0.1, 0.15) is 38.8 Å². The summed E-state index contributed by atoms with van der Waals surface area (Å²) in [4.78, 5) is 0. The smallest absolute Gasteiger partial charge is 0.163 e. The zero-order valence-corrected chi connectivity index (χ0v) is 10.6. The third-order valence-electron chi connectivity index (χ3n) is 3.84. The van der Waals surface area contributed by atoms with Crippen LogP contribution in [0.3, 0.4) is 0 Å². The molecule has 0 spiro atoms. The van der Waals surface area contributed by atoms with Crippen molar-refractivity contribution in [3.63, 3.8) is 0 Å². The Kier molecular flexibility index (Phi) is 3.21. The van der Waals surface area contributed by atoms with Crippen molar-refractivity contribution in [2.75, 3.05) is 6.54 Å².